The van der Waals surface area contributed by atoms with Crippen molar-refractivity contribution in [2.75, 3.05) is 19.4 Å². The van der Waals surface area contributed by atoms with Crippen LogP contribution < -0.4 is 5.32 Å². The number of aliphatic hydroxyl groups excluding tert-OH is 1. The predicted molar refractivity (Wildman–Crippen MR) is 63.0 cm³/mol. The average Bonchev–Trinajstić information content (AvgIpc) is 2.28. The molecule has 1 atom stereocenters. The SMILES string of the molecule is CNC(CCO)CS(=O)(=O)c1ccc(F)cc1. The quantitative estimate of drug-likeness (QED) is 0.735. The van der Waals surface area contributed by atoms with Crippen LogP contribution in [0.4, 0.5) is 4.39 Å². The molecule has 0 aromatic heterocycles. The summed E-state index contributed by atoms with van der Waals surface area (Å²) in [6, 6.07) is 4.42. The second kappa shape index (κ2) is 6.09. The summed E-state index contributed by atoms with van der Waals surface area (Å²) in [5.74, 6) is -0.583. The Morgan fingerprint density at radius 1 is 1.35 bits per heavy atom. The van der Waals surface area contributed by atoms with Gasteiger partial charge in [-0.05, 0) is 37.7 Å². The highest BCUT2D eigenvalue weighted by molar-refractivity contribution is 7.91. The van der Waals surface area contributed by atoms with Gasteiger partial charge in [-0.15, -0.1) is 0 Å². The summed E-state index contributed by atoms with van der Waals surface area (Å²) in [7, 11) is -1.81. The Hall–Kier alpha value is -0.980. The average molecular weight is 261 g/mol. The first-order chi connectivity index (χ1) is 7.99. The minimum absolute atomic E-state index is 0.0789. The highest BCUT2D eigenvalue weighted by Crippen LogP contribution is 2.13. The van der Waals surface area contributed by atoms with Gasteiger partial charge in [0.1, 0.15) is 5.82 Å². The zero-order chi connectivity index (χ0) is 12.9. The molecule has 1 aromatic carbocycles. The summed E-state index contributed by atoms with van der Waals surface area (Å²) in [6.45, 7) is -0.0789. The van der Waals surface area contributed by atoms with E-state index in [-0.39, 0.29) is 23.3 Å². The minimum Gasteiger partial charge on any atom is -0.396 e. The molecule has 0 bridgehead atoms. The van der Waals surface area contributed by atoms with E-state index in [1.807, 2.05) is 0 Å². The van der Waals surface area contributed by atoms with Gasteiger partial charge in [0.05, 0.1) is 10.6 Å². The van der Waals surface area contributed by atoms with Crippen molar-refractivity contribution in [1.29, 1.82) is 0 Å². The van der Waals surface area contributed by atoms with E-state index in [0.29, 0.717) is 6.42 Å². The lowest BCUT2D eigenvalue weighted by molar-refractivity contribution is 0.272. The van der Waals surface area contributed by atoms with Crippen LogP contribution in [0.25, 0.3) is 0 Å². The second-order valence-corrected chi connectivity index (χ2v) is 5.77. The lowest BCUT2D eigenvalue weighted by atomic mass is 10.2. The van der Waals surface area contributed by atoms with Crippen molar-refractivity contribution in [1.82, 2.24) is 5.32 Å². The van der Waals surface area contributed by atoms with Crippen molar-refractivity contribution in [2.45, 2.75) is 17.4 Å². The molecule has 96 valence electrons. The van der Waals surface area contributed by atoms with Gasteiger partial charge in [-0.3, -0.25) is 0 Å². The molecule has 6 heteroatoms. The fourth-order valence-electron chi connectivity index (χ4n) is 1.47. The molecule has 0 aliphatic carbocycles. The molecule has 0 amide bonds. The summed E-state index contributed by atoms with van der Waals surface area (Å²) < 4.78 is 36.6. The van der Waals surface area contributed by atoms with E-state index in [9.17, 15) is 12.8 Å². The van der Waals surface area contributed by atoms with Gasteiger partial charge >= 0.3 is 0 Å². The van der Waals surface area contributed by atoms with Crippen molar-refractivity contribution >= 4 is 9.84 Å². The first-order valence-corrected chi connectivity index (χ1v) is 6.91. The van der Waals surface area contributed by atoms with E-state index in [2.05, 4.69) is 5.32 Å². The van der Waals surface area contributed by atoms with Gasteiger partial charge in [0.15, 0.2) is 9.84 Å². The summed E-state index contributed by atoms with van der Waals surface area (Å²) in [5.41, 5.74) is 0. The zero-order valence-corrected chi connectivity index (χ0v) is 10.4. The van der Waals surface area contributed by atoms with Crippen LogP contribution in [0.3, 0.4) is 0 Å². The Balaban J connectivity index is 2.84. The van der Waals surface area contributed by atoms with Crippen LogP contribution in [0.1, 0.15) is 6.42 Å². The second-order valence-electron chi connectivity index (χ2n) is 3.73. The molecule has 0 aliphatic rings. The Labute approximate surface area is 100 Å². The lowest BCUT2D eigenvalue weighted by Gasteiger charge is -2.14. The zero-order valence-electron chi connectivity index (χ0n) is 9.56. The number of benzene rings is 1. The molecular weight excluding hydrogens is 245 g/mol. The largest absolute Gasteiger partial charge is 0.396 e. The van der Waals surface area contributed by atoms with Crippen LogP contribution in [-0.4, -0.2) is 39.0 Å². The Morgan fingerprint density at radius 3 is 2.41 bits per heavy atom. The normalized spacial score (nSPS) is 13.6. The molecule has 0 saturated heterocycles. The number of aliphatic hydroxyl groups is 1. The van der Waals surface area contributed by atoms with Gasteiger partial charge in [0.25, 0.3) is 0 Å². The monoisotopic (exact) mass is 261 g/mol. The maximum absolute atomic E-state index is 12.7. The Kier molecular flexibility index (Phi) is 5.04. The van der Waals surface area contributed by atoms with Crippen LogP contribution in [0.5, 0.6) is 0 Å². The third kappa shape index (κ3) is 4.07. The molecule has 0 radical (unpaired) electrons. The van der Waals surface area contributed by atoms with Crippen molar-refractivity contribution in [3.8, 4) is 0 Å². The number of halogens is 1. The first-order valence-electron chi connectivity index (χ1n) is 5.26. The summed E-state index contributed by atoms with van der Waals surface area (Å²) in [4.78, 5) is 0.0945. The lowest BCUT2D eigenvalue weighted by Crippen LogP contribution is -2.33. The molecule has 1 rings (SSSR count). The molecule has 4 nitrogen and oxygen atoms in total. The predicted octanol–water partition coefficient (Wildman–Crippen LogP) is 0.570. The van der Waals surface area contributed by atoms with Crippen molar-refractivity contribution in [2.24, 2.45) is 0 Å². The number of hydrogen-bond acceptors (Lipinski definition) is 4. The number of rotatable bonds is 6. The highest BCUT2D eigenvalue weighted by atomic mass is 32.2. The molecule has 0 spiro atoms. The topological polar surface area (TPSA) is 66.4 Å². The molecule has 0 heterocycles. The van der Waals surface area contributed by atoms with Crippen molar-refractivity contribution in [3.63, 3.8) is 0 Å². The Bertz CT molecular complexity index is 444. The summed E-state index contributed by atoms with van der Waals surface area (Å²) in [5, 5.41) is 11.6. The van der Waals surface area contributed by atoms with Crippen LogP contribution in [-0.2, 0) is 9.84 Å². The third-order valence-corrected chi connectivity index (χ3v) is 4.31. The van der Waals surface area contributed by atoms with E-state index < -0.39 is 15.7 Å². The van der Waals surface area contributed by atoms with Gasteiger partial charge in [0.2, 0.25) is 0 Å². The molecule has 17 heavy (non-hydrogen) atoms. The van der Waals surface area contributed by atoms with Crippen LogP contribution in [0.15, 0.2) is 29.2 Å². The Morgan fingerprint density at radius 2 is 1.94 bits per heavy atom. The van der Waals surface area contributed by atoms with Crippen LogP contribution in [0, 0.1) is 5.82 Å². The fourth-order valence-corrected chi connectivity index (χ4v) is 3.08. The van der Waals surface area contributed by atoms with E-state index in [1.54, 1.807) is 7.05 Å². The molecule has 2 N–H and O–H groups in total. The fraction of sp³-hybridized carbons (Fsp3) is 0.455. The molecule has 0 aliphatic heterocycles. The van der Waals surface area contributed by atoms with E-state index >= 15 is 0 Å². The van der Waals surface area contributed by atoms with Crippen molar-refractivity contribution < 1.29 is 17.9 Å². The van der Waals surface area contributed by atoms with Gasteiger partial charge in [-0.25, -0.2) is 12.8 Å². The van der Waals surface area contributed by atoms with E-state index in [0.717, 1.165) is 12.1 Å². The number of hydrogen-bond donors (Lipinski definition) is 2. The first kappa shape index (κ1) is 14.1. The molecule has 0 fully saturated rings. The summed E-state index contributed by atoms with van der Waals surface area (Å²) >= 11 is 0. The van der Waals surface area contributed by atoms with Gasteiger partial charge < -0.3 is 10.4 Å². The number of sulfone groups is 1. The molecular formula is C11H16FNO3S. The van der Waals surface area contributed by atoms with Gasteiger partial charge in [-0.2, -0.15) is 0 Å². The van der Waals surface area contributed by atoms with Crippen LogP contribution >= 0.6 is 0 Å². The van der Waals surface area contributed by atoms with Gasteiger partial charge in [0, 0.05) is 12.6 Å². The van der Waals surface area contributed by atoms with E-state index in [1.165, 1.54) is 12.1 Å². The highest BCUT2D eigenvalue weighted by Gasteiger charge is 2.19. The maximum atomic E-state index is 12.7. The van der Waals surface area contributed by atoms with Crippen molar-refractivity contribution in [3.05, 3.63) is 30.1 Å². The standard InChI is InChI=1S/C11H16FNO3S/c1-13-10(6-7-14)8-17(15,16)11-4-2-9(12)3-5-11/h2-5,10,13-14H,6-8H2,1H3. The van der Waals surface area contributed by atoms with Gasteiger partial charge in [-0.1, -0.05) is 0 Å². The minimum atomic E-state index is -3.45. The van der Waals surface area contributed by atoms with E-state index in [4.69, 9.17) is 5.11 Å². The maximum Gasteiger partial charge on any atom is 0.179 e. The molecule has 0 saturated carbocycles. The molecule has 1 unspecified atom stereocenters. The third-order valence-electron chi connectivity index (χ3n) is 2.48. The van der Waals surface area contributed by atoms with Crippen LogP contribution in [0.2, 0.25) is 0 Å². The smallest absolute Gasteiger partial charge is 0.179 e. The number of nitrogens with one attached hydrogen (secondary N) is 1. The summed E-state index contributed by atoms with van der Waals surface area (Å²) in [6.07, 6.45) is 0.358. The molecule has 1 aromatic rings.